The minimum Gasteiger partial charge on any atom is -0.390 e. The molecular weight excluding hydrogens is 344 g/mol. The molecule has 0 unspecified atom stereocenters. The first-order valence-corrected chi connectivity index (χ1v) is 9.39. The summed E-state index contributed by atoms with van der Waals surface area (Å²) < 4.78 is 18.1. The summed E-state index contributed by atoms with van der Waals surface area (Å²) in [7, 11) is 0. The van der Waals surface area contributed by atoms with Gasteiger partial charge in [-0.1, -0.05) is 60.7 Å². The van der Waals surface area contributed by atoms with Gasteiger partial charge in [0.15, 0.2) is 5.78 Å². The molecule has 5 nitrogen and oxygen atoms in total. The summed E-state index contributed by atoms with van der Waals surface area (Å²) in [6.45, 7) is 0.747. The number of fused-ring (bicyclic) bond motifs is 2. The van der Waals surface area contributed by atoms with Gasteiger partial charge < -0.3 is 19.3 Å². The molecule has 2 saturated heterocycles. The van der Waals surface area contributed by atoms with Gasteiger partial charge in [-0.25, -0.2) is 0 Å². The van der Waals surface area contributed by atoms with Crippen LogP contribution in [0.15, 0.2) is 60.7 Å². The average molecular weight is 368 g/mol. The van der Waals surface area contributed by atoms with Crippen molar-refractivity contribution in [3.05, 3.63) is 71.8 Å². The van der Waals surface area contributed by atoms with E-state index in [0.29, 0.717) is 26.1 Å². The van der Waals surface area contributed by atoms with Gasteiger partial charge in [-0.3, -0.25) is 4.79 Å². The number of aliphatic hydroxyl groups excluding tert-OH is 1. The second-order valence-electron chi connectivity index (χ2n) is 7.12. The molecule has 27 heavy (non-hydrogen) atoms. The lowest BCUT2D eigenvalue weighted by atomic mass is 9.93. The highest BCUT2D eigenvalue weighted by atomic mass is 16.6. The zero-order valence-electron chi connectivity index (χ0n) is 15.1. The normalized spacial score (nSPS) is 30.3. The number of rotatable bonds is 6. The topological polar surface area (TPSA) is 65.0 Å². The van der Waals surface area contributed by atoms with Gasteiger partial charge in [-0.05, 0) is 17.5 Å². The molecule has 2 aliphatic rings. The lowest BCUT2D eigenvalue weighted by Crippen LogP contribution is -2.45. The van der Waals surface area contributed by atoms with Crippen LogP contribution in [0.5, 0.6) is 0 Å². The maximum absolute atomic E-state index is 12.5. The molecule has 2 fully saturated rings. The Balaban J connectivity index is 1.51. The van der Waals surface area contributed by atoms with E-state index in [4.69, 9.17) is 14.2 Å². The molecule has 2 bridgehead atoms. The van der Waals surface area contributed by atoms with Crippen molar-refractivity contribution in [2.75, 3.05) is 0 Å². The fraction of sp³-hybridized carbons (Fsp3) is 0.409. The van der Waals surface area contributed by atoms with Crippen LogP contribution in [0.3, 0.4) is 0 Å². The largest absolute Gasteiger partial charge is 0.390 e. The zero-order valence-corrected chi connectivity index (χ0v) is 15.1. The maximum Gasteiger partial charge on any atom is 0.164 e. The Bertz CT molecular complexity index is 748. The van der Waals surface area contributed by atoms with E-state index in [1.807, 2.05) is 60.7 Å². The summed E-state index contributed by atoms with van der Waals surface area (Å²) >= 11 is 0. The molecule has 5 heteroatoms. The maximum atomic E-state index is 12.5. The molecule has 2 heterocycles. The third kappa shape index (κ3) is 4.12. The Morgan fingerprint density at radius 2 is 1.44 bits per heavy atom. The van der Waals surface area contributed by atoms with Gasteiger partial charge in [0.2, 0.25) is 0 Å². The van der Waals surface area contributed by atoms with Crippen molar-refractivity contribution < 1.29 is 24.1 Å². The average Bonchev–Trinajstić information content (AvgIpc) is 3.01. The molecule has 0 saturated carbocycles. The molecule has 2 aliphatic heterocycles. The molecule has 0 spiro atoms. The molecule has 142 valence electrons. The molecule has 1 N–H and O–H groups in total. The Morgan fingerprint density at radius 1 is 0.889 bits per heavy atom. The highest BCUT2D eigenvalue weighted by Gasteiger charge is 2.53. The van der Waals surface area contributed by atoms with Crippen molar-refractivity contribution >= 4 is 5.78 Å². The third-order valence-corrected chi connectivity index (χ3v) is 5.20. The van der Waals surface area contributed by atoms with Crippen LogP contribution in [0.2, 0.25) is 0 Å². The number of ether oxygens (including phenoxy) is 3. The van der Waals surface area contributed by atoms with Gasteiger partial charge in [0.05, 0.1) is 19.3 Å². The fourth-order valence-electron chi connectivity index (χ4n) is 3.75. The lowest BCUT2D eigenvalue weighted by molar-refractivity contribution is -0.135. The first-order valence-electron chi connectivity index (χ1n) is 9.39. The summed E-state index contributed by atoms with van der Waals surface area (Å²) in [5.74, 6) is -0.0274. The smallest absolute Gasteiger partial charge is 0.164 e. The molecule has 5 atom stereocenters. The van der Waals surface area contributed by atoms with Crippen LogP contribution in [-0.4, -0.2) is 41.4 Å². The minimum absolute atomic E-state index is 0.0274. The summed E-state index contributed by atoms with van der Waals surface area (Å²) in [5, 5.41) is 10.5. The Kier molecular flexibility index (Phi) is 5.64. The number of hydrogen-bond donors (Lipinski definition) is 1. The van der Waals surface area contributed by atoms with E-state index in [-0.39, 0.29) is 5.78 Å². The van der Waals surface area contributed by atoms with Gasteiger partial charge >= 0.3 is 0 Å². The fourth-order valence-corrected chi connectivity index (χ4v) is 3.75. The Morgan fingerprint density at radius 3 is 2.04 bits per heavy atom. The second-order valence-corrected chi connectivity index (χ2v) is 7.12. The van der Waals surface area contributed by atoms with E-state index in [2.05, 4.69) is 0 Å². The SMILES string of the molecule is O=C1CC[C@@H](O)[C@@H]2O[C@H]1[C@H](OCc1ccccc1)[C@H]2OCc1ccccc1. The van der Waals surface area contributed by atoms with Gasteiger partial charge in [0, 0.05) is 6.42 Å². The van der Waals surface area contributed by atoms with Crippen molar-refractivity contribution in [1.29, 1.82) is 0 Å². The molecule has 0 radical (unpaired) electrons. The summed E-state index contributed by atoms with van der Waals surface area (Å²) in [6.07, 6.45) is -2.28. The van der Waals surface area contributed by atoms with Gasteiger partial charge in [-0.15, -0.1) is 0 Å². The van der Waals surface area contributed by atoms with Gasteiger partial charge in [-0.2, -0.15) is 0 Å². The van der Waals surface area contributed by atoms with Crippen LogP contribution in [0.25, 0.3) is 0 Å². The number of aliphatic hydroxyl groups is 1. The van der Waals surface area contributed by atoms with E-state index in [9.17, 15) is 9.90 Å². The molecule has 4 rings (SSSR count). The van der Waals surface area contributed by atoms with E-state index in [1.165, 1.54) is 0 Å². The van der Waals surface area contributed by atoms with Crippen molar-refractivity contribution in [3.8, 4) is 0 Å². The molecule has 2 aromatic carbocycles. The van der Waals surface area contributed by atoms with E-state index in [1.54, 1.807) is 0 Å². The van der Waals surface area contributed by atoms with E-state index >= 15 is 0 Å². The standard InChI is InChI=1S/C22H24O5/c23-17-11-12-18(24)20-22(26-14-16-9-5-2-6-10-16)21(19(17)27-20)25-13-15-7-3-1-4-8-15/h1-10,17,19-23H,11-14H2/t17-,19+,20-,21+,22+/m1/s1. The number of ketones is 1. The monoisotopic (exact) mass is 368 g/mol. The van der Waals surface area contributed by atoms with E-state index in [0.717, 1.165) is 11.1 Å². The highest BCUT2D eigenvalue weighted by molar-refractivity contribution is 5.84. The summed E-state index contributed by atoms with van der Waals surface area (Å²) in [6, 6.07) is 19.6. The number of benzene rings is 2. The number of Topliss-reactive ketones (excluding diaryl/α,β-unsaturated/α-hetero) is 1. The van der Waals surface area contributed by atoms with Crippen molar-refractivity contribution in [3.63, 3.8) is 0 Å². The second kappa shape index (κ2) is 8.31. The van der Waals surface area contributed by atoms with Gasteiger partial charge in [0.25, 0.3) is 0 Å². The van der Waals surface area contributed by atoms with Crippen LogP contribution in [0, 0.1) is 0 Å². The number of carbonyl (C=O) groups excluding carboxylic acids is 1. The zero-order chi connectivity index (χ0) is 18.6. The predicted octanol–water partition coefficient (Wildman–Crippen LogP) is 2.65. The van der Waals surface area contributed by atoms with Crippen LogP contribution < -0.4 is 0 Å². The summed E-state index contributed by atoms with van der Waals surface area (Å²) in [5.41, 5.74) is 2.05. The van der Waals surface area contributed by atoms with Crippen molar-refractivity contribution in [2.24, 2.45) is 0 Å². The summed E-state index contributed by atoms with van der Waals surface area (Å²) in [4.78, 5) is 12.5. The predicted molar refractivity (Wildman–Crippen MR) is 98.9 cm³/mol. The van der Waals surface area contributed by atoms with E-state index < -0.39 is 30.5 Å². The molecule has 0 aliphatic carbocycles. The third-order valence-electron chi connectivity index (χ3n) is 5.20. The quantitative estimate of drug-likeness (QED) is 0.849. The minimum atomic E-state index is -0.731. The highest BCUT2D eigenvalue weighted by Crippen LogP contribution is 2.35. The van der Waals surface area contributed by atoms with Gasteiger partial charge in [0.1, 0.15) is 24.4 Å². The first-order chi connectivity index (χ1) is 13.2. The molecule has 2 aromatic rings. The first kappa shape index (κ1) is 18.3. The van der Waals surface area contributed by atoms with Crippen LogP contribution in [0.1, 0.15) is 24.0 Å². The number of hydrogen-bond acceptors (Lipinski definition) is 5. The Hall–Kier alpha value is -2.05. The lowest BCUT2D eigenvalue weighted by Gasteiger charge is -2.28. The molecule has 0 amide bonds. The Labute approximate surface area is 158 Å². The molecule has 0 aromatic heterocycles. The van der Waals surface area contributed by atoms with Crippen LogP contribution in [-0.2, 0) is 32.2 Å². The number of carbonyl (C=O) groups is 1. The van der Waals surface area contributed by atoms with Crippen LogP contribution in [0.4, 0.5) is 0 Å². The molecular formula is C22H24O5. The van der Waals surface area contributed by atoms with Crippen molar-refractivity contribution in [1.82, 2.24) is 0 Å². The van der Waals surface area contributed by atoms with Crippen LogP contribution >= 0.6 is 0 Å². The van der Waals surface area contributed by atoms with Crippen molar-refractivity contribution in [2.45, 2.75) is 56.6 Å².